The lowest BCUT2D eigenvalue weighted by molar-refractivity contribution is -0.151. The predicted molar refractivity (Wildman–Crippen MR) is 84.6 cm³/mol. The Morgan fingerprint density at radius 1 is 1.26 bits per heavy atom. The molecule has 1 aromatic carbocycles. The first-order chi connectivity index (χ1) is 11.2. The summed E-state index contributed by atoms with van der Waals surface area (Å²) in [5, 5.41) is 0. The first kappa shape index (κ1) is 16.3. The Labute approximate surface area is 136 Å². The van der Waals surface area contributed by atoms with Crippen LogP contribution < -0.4 is 4.74 Å². The second-order valence-electron chi connectivity index (χ2n) is 6.25. The van der Waals surface area contributed by atoms with Crippen LogP contribution in [0.5, 0.6) is 5.75 Å². The standard InChI is InChI=1S/C18H24O5/c1-20-17(19)18(6-9-21-10-7-18)15-3-2-4-16(11-15)23-13-14-5-8-22-12-14/h2-4,11,14H,5-10,12-13H2,1H3/t14-/m1/s1. The van der Waals surface area contributed by atoms with Crippen LogP contribution in [0.2, 0.25) is 0 Å². The SMILES string of the molecule is COC(=O)C1(c2cccc(OC[C@@H]3CCOC3)c2)CCOCC1. The topological polar surface area (TPSA) is 54.0 Å². The molecule has 0 aliphatic carbocycles. The van der Waals surface area contributed by atoms with Crippen LogP contribution in [0.4, 0.5) is 0 Å². The molecule has 2 heterocycles. The summed E-state index contributed by atoms with van der Waals surface area (Å²) in [6.45, 7) is 3.37. The zero-order valence-electron chi connectivity index (χ0n) is 13.6. The van der Waals surface area contributed by atoms with E-state index < -0.39 is 5.41 Å². The fourth-order valence-electron chi connectivity index (χ4n) is 3.34. The van der Waals surface area contributed by atoms with Crippen LogP contribution in [-0.2, 0) is 24.4 Å². The maximum atomic E-state index is 12.4. The van der Waals surface area contributed by atoms with E-state index in [-0.39, 0.29) is 5.97 Å². The van der Waals surface area contributed by atoms with Gasteiger partial charge < -0.3 is 18.9 Å². The van der Waals surface area contributed by atoms with Crippen LogP contribution in [0.3, 0.4) is 0 Å². The summed E-state index contributed by atoms with van der Waals surface area (Å²) in [5.74, 6) is 1.06. The third kappa shape index (κ3) is 3.51. The van der Waals surface area contributed by atoms with Gasteiger partial charge in [0.05, 0.1) is 25.7 Å². The molecule has 1 atom stereocenters. The highest BCUT2D eigenvalue weighted by atomic mass is 16.5. The van der Waals surface area contributed by atoms with E-state index >= 15 is 0 Å². The number of carbonyl (C=O) groups is 1. The average molecular weight is 320 g/mol. The van der Waals surface area contributed by atoms with E-state index in [2.05, 4.69) is 0 Å². The van der Waals surface area contributed by atoms with Crippen molar-refractivity contribution in [1.82, 2.24) is 0 Å². The second kappa shape index (κ2) is 7.32. The Morgan fingerprint density at radius 3 is 2.78 bits per heavy atom. The van der Waals surface area contributed by atoms with Gasteiger partial charge >= 0.3 is 5.97 Å². The Bertz CT molecular complexity index is 530. The molecule has 5 heteroatoms. The smallest absolute Gasteiger partial charge is 0.316 e. The number of carbonyl (C=O) groups excluding carboxylic acids is 1. The Morgan fingerprint density at radius 2 is 2.09 bits per heavy atom. The molecule has 0 saturated carbocycles. The van der Waals surface area contributed by atoms with Crippen molar-refractivity contribution in [2.75, 3.05) is 40.1 Å². The van der Waals surface area contributed by atoms with Gasteiger partial charge in [-0.1, -0.05) is 12.1 Å². The first-order valence-electron chi connectivity index (χ1n) is 8.22. The van der Waals surface area contributed by atoms with Gasteiger partial charge in [0.2, 0.25) is 0 Å². The minimum absolute atomic E-state index is 0.192. The van der Waals surface area contributed by atoms with Crippen LogP contribution in [0.25, 0.3) is 0 Å². The highest BCUT2D eigenvalue weighted by Crippen LogP contribution is 2.37. The van der Waals surface area contributed by atoms with Crippen LogP contribution in [0, 0.1) is 5.92 Å². The zero-order valence-corrected chi connectivity index (χ0v) is 13.6. The van der Waals surface area contributed by atoms with Crippen molar-refractivity contribution in [3.63, 3.8) is 0 Å². The molecular formula is C18H24O5. The molecule has 0 aromatic heterocycles. The van der Waals surface area contributed by atoms with Crippen molar-refractivity contribution in [3.8, 4) is 5.75 Å². The molecule has 126 valence electrons. The number of esters is 1. The van der Waals surface area contributed by atoms with Crippen LogP contribution in [0.1, 0.15) is 24.8 Å². The van der Waals surface area contributed by atoms with E-state index in [1.807, 2.05) is 24.3 Å². The van der Waals surface area contributed by atoms with Gasteiger partial charge in [-0.3, -0.25) is 4.79 Å². The lowest BCUT2D eigenvalue weighted by atomic mass is 9.74. The molecule has 0 amide bonds. The highest BCUT2D eigenvalue weighted by molar-refractivity contribution is 5.83. The number of hydrogen-bond acceptors (Lipinski definition) is 5. The summed E-state index contributed by atoms with van der Waals surface area (Å²) in [7, 11) is 1.44. The average Bonchev–Trinajstić information content (AvgIpc) is 3.13. The fourth-order valence-corrected chi connectivity index (χ4v) is 3.34. The largest absolute Gasteiger partial charge is 0.493 e. The molecule has 2 aliphatic heterocycles. The molecule has 0 unspecified atom stereocenters. The Kier molecular flexibility index (Phi) is 5.18. The lowest BCUT2D eigenvalue weighted by Gasteiger charge is -2.35. The van der Waals surface area contributed by atoms with E-state index in [4.69, 9.17) is 18.9 Å². The molecular weight excluding hydrogens is 296 g/mol. The summed E-state index contributed by atoms with van der Waals surface area (Å²) < 4.78 is 21.8. The van der Waals surface area contributed by atoms with E-state index in [0.29, 0.717) is 38.6 Å². The number of ether oxygens (including phenoxy) is 4. The van der Waals surface area contributed by atoms with E-state index in [9.17, 15) is 4.79 Å². The van der Waals surface area contributed by atoms with Crippen molar-refractivity contribution in [2.24, 2.45) is 5.92 Å². The number of hydrogen-bond donors (Lipinski definition) is 0. The number of methoxy groups -OCH3 is 1. The van der Waals surface area contributed by atoms with Crippen LogP contribution in [0.15, 0.2) is 24.3 Å². The minimum Gasteiger partial charge on any atom is -0.493 e. The summed E-state index contributed by atoms with van der Waals surface area (Å²) in [4.78, 5) is 12.4. The maximum Gasteiger partial charge on any atom is 0.316 e. The monoisotopic (exact) mass is 320 g/mol. The number of rotatable bonds is 5. The summed E-state index contributed by atoms with van der Waals surface area (Å²) in [6.07, 6.45) is 2.32. The van der Waals surface area contributed by atoms with E-state index in [1.165, 1.54) is 7.11 Å². The molecule has 2 aliphatic rings. The normalized spacial score (nSPS) is 23.4. The Hall–Kier alpha value is -1.59. The zero-order chi connectivity index (χ0) is 16.1. The second-order valence-corrected chi connectivity index (χ2v) is 6.25. The van der Waals surface area contributed by atoms with Crippen molar-refractivity contribution in [3.05, 3.63) is 29.8 Å². The van der Waals surface area contributed by atoms with Crippen molar-refractivity contribution in [1.29, 1.82) is 0 Å². The number of benzene rings is 1. The van der Waals surface area contributed by atoms with Crippen molar-refractivity contribution < 1.29 is 23.7 Å². The molecule has 2 fully saturated rings. The van der Waals surface area contributed by atoms with Gasteiger partial charge in [0.1, 0.15) is 5.75 Å². The molecule has 0 N–H and O–H groups in total. The van der Waals surface area contributed by atoms with Crippen molar-refractivity contribution in [2.45, 2.75) is 24.7 Å². The van der Waals surface area contributed by atoms with Crippen LogP contribution >= 0.6 is 0 Å². The highest BCUT2D eigenvalue weighted by Gasteiger charge is 2.43. The quantitative estimate of drug-likeness (QED) is 0.779. The molecule has 2 saturated heterocycles. The summed E-state index contributed by atoms with van der Waals surface area (Å²) in [6, 6.07) is 7.82. The van der Waals surface area contributed by atoms with Crippen LogP contribution in [-0.4, -0.2) is 46.1 Å². The molecule has 0 bridgehead atoms. The Balaban J connectivity index is 1.77. The predicted octanol–water partition coefficient (Wildman–Crippen LogP) is 2.32. The maximum absolute atomic E-state index is 12.4. The van der Waals surface area contributed by atoms with Gasteiger partial charge in [0, 0.05) is 25.7 Å². The van der Waals surface area contributed by atoms with Gasteiger partial charge in [-0.05, 0) is 37.0 Å². The van der Waals surface area contributed by atoms with Crippen molar-refractivity contribution >= 4 is 5.97 Å². The molecule has 5 nitrogen and oxygen atoms in total. The molecule has 0 radical (unpaired) electrons. The molecule has 1 aromatic rings. The summed E-state index contributed by atoms with van der Waals surface area (Å²) >= 11 is 0. The van der Waals surface area contributed by atoms with Gasteiger partial charge in [0.15, 0.2) is 0 Å². The third-order valence-electron chi connectivity index (χ3n) is 4.82. The van der Waals surface area contributed by atoms with E-state index in [1.54, 1.807) is 0 Å². The van der Waals surface area contributed by atoms with Gasteiger partial charge in [-0.2, -0.15) is 0 Å². The van der Waals surface area contributed by atoms with Gasteiger partial charge in [-0.15, -0.1) is 0 Å². The molecule has 3 rings (SSSR count). The van der Waals surface area contributed by atoms with Gasteiger partial charge in [-0.25, -0.2) is 0 Å². The van der Waals surface area contributed by atoms with E-state index in [0.717, 1.165) is 30.9 Å². The fraction of sp³-hybridized carbons (Fsp3) is 0.611. The molecule has 23 heavy (non-hydrogen) atoms. The third-order valence-corrected chi connectivity index (χ3v) is 4.82. The summed E-state index contributed by atoms with van der Waals surface area (Å²) in [5.41, 5.74) is 0.330. The molecule has 0 spiro atoms. The van der Waals surface area contributed by atoms with Gasteiger partial charge in [0.25, 0.3) is 0 Å². The minimum atomic E-state index is -0.622. The first-order valence-corrected chi connectivity index (χ1v) is 8.22. The lowest BCUT2D eigenvalue weighted by Crippen LogP contribution is -2.42.